The van der Waals surface area contributed by atoms with Gasteiger partial charge in [0.25, 0.3) is 0 Å². The van der Waals surface area contributed by atoms with Gasteiger partial charge in [-0.1, -0.05) is 6.42 Å². The standard InChI is InChI=1S/C13H20N2O3/c1-18-13(17)12-6-5-10(15-12)7-14-11-4-2-3-9(11)8-16/h5-6,9,11,14-16H,2-4,7-8H2,1H3. The summed E-state index contributed by atoms with van der Waals surface area (Å²) < 4.78 is 4.64. The van der Waals surface area contributed by atoms with E-state index in [1.165, 1.54) is 13.5 Å². The summed E-state index contributed by atoms with van der Waals surface area (Å²) in [4.78, 5) is 14.3. The third kappa shape index (κ3) is 2.91. The molecule has 0 saturated heterocycles. The molecule has 2 unspecified atom stereocenters. The molecule has 100 valence electrons. The van der Waals surface area contributed by atoms with Crippen LogP contribution in [0.3, 0.4) is 0 Å². The lowest BCUT2D eigenvalue weighted by molar-refractivity contribution is 0.0594. The average Bonchev–Trinajstić information content (AvgIpc) is 3.03. The fourth-order valence-corrected chi connectivity index (χ4v) is 2.54. The molecule has 1 heterocycles. The second-order valence-corrected chi connectivity index (χ2v) is 4.75. The highest BCUT2D eigenvalue weighted by Crippen LogP contribution is 2.25. The van der Waals surface area contributed by atoms with Crippen LogP contribution in [0, 0.1) is 5.92 Å². The Kier molecular flexibility index (Phi) is 4.38. The third-order valence-electron chi connectivity index (χ3n) is 3.60. The number of carbonyl (C=O) groups excluding carboxylic acids is 1. The molecule has 1 fully saturated rings. The quantitative estimate of drug-likeness (QED) is 0.685. The zero-order valence-corrected chi connectivity index (χ0v) is 10.6. The first-order valence-corrected chi connectivity index (χ1v) is 6.35. The molecule has 1 aliphatic rings. The molecule has 5 nitrogen and oxygen atoms in total. The summed E-state index contributed by atoms with van der Waals surface area (Å²) in [6.45, 7) is 0.925. The molecule has 18 heavy (non-hydrogen) atoms. The molecule has 0 spiro atoms. The van der Waals surface area contributed by atoms with Gasteiger partial charge in [-0.05, 0) is 30.9 Å². The number of carbonyl (C=O) groups is 1. The molecule has 1 aliphatic carbocycles. The molecule has 0 radical (unpaired) electrons. The van der Waals surface area contributed by atoms with Gasteiger partial charge in [0.05, 0.1) is 7.11 Å². The van der Waals surface area contributed by atoms with Gasteiger partial charge in [-0.2, -0.15) is 0 Å². The maximum absolute atomic E-state index is 11.3. The number of aliphatic hydroxyl groups excluding tert-OH is 1. The van der Waals surface area contributed by atoms with Crippen LogP contribution in [0.5, 0.6) is 0 Å². The minimum atomic E-state index is -0.352. The summed E-state index contributed by atoms with van der Waals surface area (Å²) in [5.41, 5.74) is 1.43. The molecule has 0 bridgehead atoms. The van der Waals surface area contributed by atoms with Crippen LogP contribution >= 0.6 is 0 Å². The topological polar surface area (TPSA) is 74.3 Å². The van der Waals surface area contributed by atoms with E-state index >= 15 is 0 Å². The molecule has 0 aromatic carbocycles. The van der Waals surface area contributed by atoms with Gasteiger partial charge in [0.2, 0.25) is 0 Å². The number of aromatic amines is 1. The first-order chi connectivity index (χ1) is 8.74. The number of methoxy groups -OCH3 is 1. The number of aromatic nitrogens is 1. The first-order valence-electron chi connectivity index (χ1n) is 6.35. The number of hydrogen-bond donors (Lipinski definition) is 3. The summed E-state index contributed by atoms with van der Waals surface area (Å²) >= 11 is 0. The lowest BCUT2D eigenvalue weighted by Crippen LogP contribution is -2.33. The van der Waals surface area contributed by atoms with Gasteiger partial charge in [0.1, 0.15) is 5.69 Å². The number of aliphatic hydroxyl groups is 1. The van der Waals surface area contributed by atoms with Crippen molar-refractivity contribution in [1.29, 1.82) is 0 Å². The predicted octanol–water partition coefficient (Wildman–Crippen LogP) is 1.05. The number of rotatable bonds is 5. The number of nitrogens with one attached hydrogen (secondary N) is 2. The Morgan fingerprint density at radius 1 is 1.56 bits per heavy atom. The third-order valence-corrected chi connectivity index (χ3v) is 3.60. The van der Waals surface area contributed by atoms with Gasteiger partial charge in [-0.3, -0.25) is 0 Å². The number of ether oxygens (including phenoxy) is 1. The van der Waals surface area contributed by atoms with Crippen molar-refractivity contribution >= 4 is 5.97 Å². The lowest BCUT2D eigenvalue weighted by Gasteiger charge is -2.18. The van der Waals surface area contributed by atoms with Crippen molar-refractivity contribution in [2.45, 2.75) is 31.8 Å². The molecule has 2 rings (SSSR count). The largest absolute Gasteiger partial charge is 0.464 e. The van der Waals surface area contributed by atoms with Crippen molar-refractivity contribution in [2.75, 3.05) is 13.7 Å². The minimum absolute atomic E-state index is 0.246. The summed E-state index contributed by atoms with van der Waals surface area (Å²) in [7, 11) is 1.37. The zero-order chi connectivity index (χ0) is 13.0. The Balaban J connectivity index is 1.86. The zero-order valence-electron chi connectivity index (χ0n) is 10.6. The molecule has 1 aromatic rings. The Morgan fingerprint density at radius 2 is 2.39 bits per heavy atom. The Bertz CT molecular complexity index is 403. The summed E-state index contributed by atoms with van der Waals surface area (Å²) in [6, 6.07) is 3.98. The predicted molar refractivity (Wildman–Crippen MR) is 67.2 cm³/mol. The fraction of sp³-hybridized carbons (Fsp3) is 0.615. The van der Waals surface area contributed by atoms with E-state index in [4.69, 9.17) is 0 Å². The lowest BCUT2D eigenvalue weighted by atomic mass is 10.1. The van der Waals surface area contributed by atoms with E-state index in [1.807, 2.05) is 6.07 Å². The maximum Gasteiger partial charge on any atom is 0.354 e. The van der Waals surface area contributed by atoms with E-state index in [0.717, 1.165) is 18.5 Å². The fourth-order valence-electron chi connectivity index (χ4n) is 2.54. The molecule has 3 N–H and O–H groups in total. The van der Waals surface area contributed by atoms with E-state index in [1.54, 1.807) is 6.07 Å². The van der Waals surface area contributed by atoms with Crippen molar-refractivity contribution in [1.82, 2.24) is 10.3 Å². The summed E-state index contributed by atoms with van der Waals surface area (Å²) in [5.74, 6) is 0.00962. The van der Waals surface area contributed by atoms with E-state index in [0.29, 0.717) is 24.2 Å². The Hall–Kier alpha value is -1.33. The van der Waals surface area contributed by atoms with Crippen LogP contribution in [0.4, 0.5) is 0 Å². The molecular formula is C13H20N2O3. The van der Waals surface area contributed by atoms with Crippen LogP contribution in [0.15, 0.2) is 12.1 Å². The molecule has 2 atom stereocenters. The highest BCUT2D eigenvalue weighted by molar-refractivity contribution is 5.87. The maximum atomic E-state index is 11.3. The van der Waals surface area contributed by atoms with E-state index < -0.39 is 0 Å². The average molecular weight is 252 g/mol. The van der Waals surface area contributed by atoms with Gasteiger partial charge in [0.15, 0.2) is 0 Å². The minimum Gasteiger partial charge on any atom is -0.464 e. The normalized spacial score (nSPS) is 23.2. The van der Waals surface area contributed by atoms with Gasteiger partial charge >= 0.3 is 5.97 Å². The molecular weight excluding hydrogens is 232 g/mol. The van der Waals surface area contributed by atoms with Crippen LogP contribution in [0.25, 0.3) is 0 Å². The van der Waals surface area contributed by atoms with Crippen LogP contribution in [-0.4, -0.2) is 35.8 Å². The number of esters is 1. The van der Waals surface area contributed by atoms with Crippen LogP contribution in [0.2, 0.25) is 0 Å². The van der Waals surface area contributed by atoms with Gasteiger partial charge < -0.3 is 20.1 Å². The van der Waals surface area contributed by atoms with E-state index in [-0.39, 0.29) is 12.6 Å². The molecule has 1 aromatic heterocycles. The molecule has 5 heteroatoms. The molecule has 0 amide bonds. The van der Waals surface area contributed by atoms with Crippen molar-refractivity contribution in [3.63, 3.8) is 0 Å². The molecule has 1 saturated carbocycles. The smallest absolute Gasteiger partial charge is 0.354 e. The number of H-pyrrole nitrogens is 1. The summed E-state index contributed by atoms with van der Waals surface area (Å²) in [6.07, 6.45) is 3.36. The molecule has 0 aliphatic heterocycles. The highest BCUT2D eigenvalue weighted by Gasteiger charge is 2.25. The van der Waals surface area contributed by atoms with E-state index in [2.05, 4.69) is 15.0 Å². The van der Waals surface area contributed by atoms with E-state index in [9.17, 15) is 9.90 Å². The monoisotopic (exact) mass is 252 g/mol. The van der Waals surface area contributed by atoms with Crippen LogP contribution in [0.1, 0.15) is 35.4 Å². The summed E-state index contributed by atoms with van der Waals surface area (Å²) in [5, 5.41) is 12.7. The van der Waals surface area contributed by atoms with Crippen molar-refractivity contribution in [3.8, 4) is 0 Å². The highest BCUT2D eigenvalue weighted by atomic mass is 16.5. The number of hydrogen-bond acceptors (Lipinski definition) is 4. The second-order valence-electron chi connectivity index (χ2n) is 4.75. The van der Waals surface area contributed by atoms with Crippen LogP contribution in [-0.2, 0) is 11.3 Å². The van der Waals surface area contributed by atoms with Crippen LogP contribution < -0.4 is 5.32 Å². The van der Waals surface area contributed by atoms with Crippen molar-refractivity contribution in [2.24, 2.45) is 5.92 Å². The SMILES string of the molecule is COC(=O)c1ccc(CNC2CCCC2CO)[nH]1. The second kappa shape index (κ2) is 6.02. The Labute approximate surface area is 107 Å². The van der Waals surface area contributed by atoms with Crippen molar-refractivity contribution in [3.05, 3.63) is 23.5 Å². The van der Waals surface area contributed by atoms with Gasteiger partial charge in [0, 0.05) is 24.9 Å². The van der Waals surface area contributed by atoms with Gasteiger partial charge in [-0.25, -0.2) is 4.79 Å². The van der Waals surface area contributed by atoms with Gasteiger partial charge in [-0.15, -0.1) is 0 Å². The Morgan fingerprint density at radius 3 is 3.11 bits per heavy atom. The van der Waals surface area contributed by atoms with Crippen molar-refractivity contribution < 1.29 is 14.6 Å². The first kappa shape index (κ1) is 13.1.